The van der Waals surface area contributed by atoms with E-state index in [0.717, 1.165) is 11.0 Å². The minimum absolute atomic E-state index is 0.298. The first-order valence-corrected chi connectivity index (χ1v) is 11.8. The van der Waals surface area contributed by atoms with Gasteiger partial charge in [-0.05, 0) is 43.3 Å². The number of halogens is 1. The zero-order chi connectivity index (χ0) is 25.7. The lowest BCUT2D eigenvalue weighted by Gasteiger charge is -2.18. The molecule has 4 rings (SSSR count). The highest BCUT2D eigenvalue weighted by Gasteiger charge is 2.22. The molecule has 0 spiro atoms. The van der Waals surface area contributed by atoms with Crippen LogP contribution in [0.2, 0.25) is 5.02 Å². The fraction of sp³-hybridized carbons (Fsp3) is 0.259. The standard InChI is InChI=1S/C27H28ClN3O5/c1-17(29-27(32)18-15-23(33-2)25(35-4)24(16-18)34-3)26-30-20-10-6-7-11-21(20)31(26)13-14-36-22-12-8-5-9-19(22)28/h5-12,15-17H,13-14H2,1-4H3,(H,29,32). The topological polar surface area (TPSA) is 83.8 Å². The number of aromatic nitrogens is 2. The number of fused-ring (bicyclic) bond motifs is 1. The van der Waals surface area contributed by atoms with E-state index in [4.69, 9.17) is 35.5 Å². The Morgan fingerprint density at radius 3 is 2.31 bits per heavy atom. The van der Waals surface area contributed by atoms with Gasteiger partial charge in [0.2, 0.25) is 5.75 Å². The van der Waals surface area contributed by atoms with Crippen LogP contribution in [-0.2, 0) is 6.54 Å². The molecule has 1 unspecified atom stereocenters. The van der Waals surface area contributed by atoms with Gasteiger partial charge in [-0.25, -0.2) is 4.98 Å². The molecule has 0 fully saturated rings. The summed E-state index contributed by atoms with van der Waals surface area (Å²) < 4.78 is 24.1. The average Bonchev–Trinajstić information content (AvgIpc) is 3.27. The number of nitrogens with zero attached hydrogens (tertiary/aromatic N) is 2. The lowest BCUT2D eigenvalue weighted by molar-refractivity contribution is 0.0936. The number of carbonyl (C=O) groups excluding carboxylic acids is 1. The summed E-state index contributed by atoms with van der Waals surface area (Å²) in [4.78, 5) is 18.0. The van der Waals surface area contributed by atoms with Gasteiger partial charge < -0.3 is 28.8 Å². The lowest BCUT2D eigenvalue weighted by Crippen LogP contribution is -2.29. The van der Waals surface area contributed by atoms with Crippen LogP contribution < -0.4 is 24.3 Å². The van der Waals surface area contributed by atoms with E-state index in [-0.39, 0.29) is 5.91 Å². The fourth-order valence-electron chi connectivity index (χ4n) is 4.03. The molecule has 0 bridgehead atoms. The lowest BCUT2D eigenvalue weighted by atomic mass is 10.1. The zero-order valence-electron chi connectivity index (χ0n) is 20.6. The molecule has 36 heavy (non-hydrogen) atoms. The molecule has 0 aliphatic heterocycles. The number of hydrogen-bond acceptors (Lipinski definition) is 6. The van der Waals surface area contributed by atoms with E-state index in [1.165, 1.54) is 21.3 Å². The van der Waals surface area contributed by atoms with Crippen molar-refractivity contribution in [1.82, 2.24) is 14.9 Å². The third-order valence-electron chi connectivity index (χ3n) is 5.76. The fourth-order valence-corrected chi connectivity index (χ4v) is 4.22. The Hall–Kier alpha value is -3.91. The quantitative estimate of drug-likeness (QED) is 0.313. The second-order valence-corrected chi connectivity index (χ2v) is 8.41. The van der Waals surface area contributed by atoms with E-state index in [1.54, 1.807) is 18.2 Å². The van der Waals surface area contributed by atoms with Crippen LogP contribution >= 0.6 is 11.6 Å². The Morgan fingerprint density at radius 1 is 0.972 bits per heavy atom. The number of para-hydroxylation sites is 3. The van der Waals surface area contributed by atoms with E-state index < -0.39 is 6.04 Å². The van der Waals surface area contributed by atoms with Gasteiger partial charge in [-0.15, -0.1) is 0 Å². The maximum absolute atomic E-state index is 13.2. The number of hydrogen-bond donors (Lipinski definition) is 1. The number of carbonyl (C=O) groups is 1. The largest absolute Gasteiger partial charge is 0.493 e. The van der Waals surface area contributed by atoms with Crippen LogP contribution in [0.3, 0.4) is 0 Å². The summed E-state index contributed by atoms with van der Waals surface area (Å²) in [5.41, 5.74) is 2.16. The molecule has 0 aliphatic rings. The molecule has 0 radical (unpaired) electrons. The highest BCUT2D eigenvalue weighted by molar-refractivity contribution is 6.32. The van der Waals surface area contributed by atoms with Crippen molar-refractivity contribution >= 4 is 28.5 Å². The number of ether oxygens (including phenoxy) is 4. The number of imidazole rings is 1. The Labute approximate surface area is 214 Å². The molecular weight excluding hydrogens is 482 g/mol. The van der Waals surface area contributed by atoms with Crippen LogP contribution in [0.15, 0.2) is 60.7 Å². The van der Waals surface area contributed by atoms with Crippen molar-refractivity contribution in [3.63, 3.8) is 0 Å². The predicted octanol–water partition coefficient (Wildman–Crippen LogP) is 5.29. The van der Waals surface area contributed by atoms with Crippen LogP contribution in [0.25, 0.3) is 11.0 Å². The van der Waals surface area contributed by atoms with Crippen molar-refractivity contribution in [1.29, 1.82) is 0 Å². The molecule has 4 aromatic rings. The van der Waals surface area contributed by atoms with Gasteiger partial charge in [0, 0.05) is 5.56 Å². The summed E-state index contributed by atoms with van der Waals surface area (Å²) in [7, 11) is 4.53. The molecule has 1 N–H and O–H groups in total. The maximum atomic E-state index is 13.2. The van der Waals surface area contributed by atoms with E-state index in [1.807, 2.05) is 54.0 Å². The molecule has 0 aliphatic carbocycles. The van der Waals surface area contributed by atoms with E-state index in [2.05, 4.69) is 5.32 Å². The smallest absolute Gasteiger partial charge is 0.252 e. The highest BCUT2D eigenvalue weighted by Crippen LogP contribution is 2.38. The molecule has 1 atom stereocenters. The number of benzene rings is 3. The van der Waals surface area contributed by atoms with Gasteiger partial charge >= 0.3 is 0 Å². The SMILES string of the molecule is COc1cc(C(=O)NC(C)c2nc3ccccc3n2CCOc2ccccc2Cl)cc(OC)c1OC. The van der Waals surface area contributed by atoms with Gasteiger partial charge in [0.05, 0.1) is 50.0 Å². The molecule has 0 saturated heterocycles. The Kier molecular flexibility index (Phi) is 7.85. The zero-order valence-corrected chi connectivity index (χ0v) is 21.3. The summed E-state index contributed by atoms with van der Waals surface area (Å²) in [6.07, 6.45) is 0. The third-order valence-corrected chi connectivity index (χ3v) is 6.07. The van der Waals surface area contributed by atoms with Crippen molar-refractivity contribution in [2.24, 2.45) is 0 Å². The van der Waals surface area contributed by atoms with E-state index >= 15 is 0 Å². The number of rotatable bonds is 10. The summed E-state index contributed by atoms with van der Waals surface area (Å²) in [5, 5.41) is 3.59. The second-order valence-electron chi connectivity index (χ2n) is 8.00. The second kappa shape index (κ2) is 11.2. The highest BCUT2D eigenvalue weighted by atomic mass is 35.5. The average molecular weight is 510 g/mol. The van der Waals surface area contributed by atoms with Gasteiger partial charge in [-0.1, -0.05) is 35.9 Å². The van der Waals surface area contributed by atoms with Crippen molar-refractivity contribution in [3.05, 3.63) is 77.1 Å². The van der Waals surface area contributed by atoms with E-state index in [9.17, 15) is 4.79 Å². The molecule has 1 aromatic heterocycles. The minimum atomic E-state index is -0.399. The number of nitrogens with one attached hydrogen (secondary N) is 1. The molecule has 0 saturated carbocycles. The van der Waals surface area contributed by atoms with Crippen LogP contribution in [0.5, 0.6) is 23.0 Å². The first-order valence-electron chi connectivity index (χ1n) is 11.4. The summed E-state index contributed by atoms with van der Waals surface area (Å²) in [6, 6.07) is 18.0. The van der Waals surface area contributed by atoms with Crippen molar-refractivity contribution < 1.29 is 23.7 Å². The number of methoxy groups -OCH3 is 3. The van der Waals surface area contributed by atoms with Gasteiger partial charge in [0.25, 0.3) is 5.91 Å². The molecular formula is C27H28ClN3O5. The normalized spacial score (nSPS) is 11.7. The van der Waals surface area contributed by atoms with Crippen LogP contribution in [0.4, 0.5) is 0 Å². The van der Waals surface area contributed by atoms with Gasteiger partial charge in [0.1, 0.15) is 18.2 Å². The Morgan fingerprint density at radius 2 is 1.64 bits per heavy atom. The van der Waals surface area contributed by atoms with Gasteiger partial charge in [-0.3, -0.25) is 4.79 Å². The molecule has 1 heterocycles. The van der Waals surface area contributed by atoms with Crippen molar-refractivity contribution in [2.45, 2.75) is 19.5 Å². The van der Waals surface area contributed by atoms with Crippen molar-refractivity contribution in [2.75, 3.05) is 27.9 Å². The van der Waals surface area contributed by atoms with Crippen LogP contribution in [0.1, 0.15) is 29.1 Å². The summed E-state index contributed by atoms with van der Waals surface area (Å²) in [5.74, 6) is 2.25. The maximum Gasteiger partial charge on any atom is 0.252 e. The molecule has 1 amide bonds. The Balaban J connectivity index is 1.57. The summed E-state index contributed by atoms with van der Waals surface area (Å²) >= 11 is 6.22. The first kappa shape index (κ1) is 25.2. The number of amides is 1. The molecule has 8 nitrogen and oxygen atoms in total. The van der Waals surface area contributed by atoms with Crippen LogP contribution in [-0.4, -0.2) is 43.4 Å². The Bertz CT molecular complexity index is 1350. The third kappa shape index (κ3) is 5.18. The van der Waals surface area contributed by atoms with Crippen LogP contribution in [0, 0.1) is 0 Å². The molecule has 9 heteroatoms. The first-order chi connectivity index (χ1) is 17.5. The minimum Gasteiger partial charge on any atom is -0.493 e. The van der Waals surface area contributed by atoms with Gasteiger partial charge in [-0.2, -0.15) is 0 Å². The van der Waals surface area contributed by atoms with E-state index in [0.29, 0.717) is 52.6 Å². The molecule has 188 valence electrons. The molecule has 3 aromatic carbocycles. The van der Waals surface area contributed by atoms with Gasteiger partial charge in [0.15, 0.2) is 11.5 Å². The summed E-state index contributed by atoms with van der Waals surface area (Å²) in [6.45, 7) is 2.79. The predicted molar refractivity (Wildman–Crippen MR) is 139 cm³/mol. The van der Waals surface area contributed by atoms with Crippen molar-refractivity contribution in [3.8, 4) is 23.0 Å². The monoisotopic (exact) mass is 509 g/mol.